The zero-order valence-corrected chi connectivity index (χ0v) is 23.1. The van der Waals surface area contributed by atoms with Gasteiger partial charge in [-0.05, 0) is 78.2 Å². The summed E-state index contributed by atoms with van der Waals surface area (Å²) in [6.07, 6.45) is 0. The average Bonchev–Trinajstić information content (AvgIpc) is 3.43. The van der Waals surface area contributed by atoms with E-state index >= 15 is 0 Å². The van der Waals surface area contributed by atoms with Crippen LogP contribution in [0.15, 0.2) is 146 Å². The Morgan fingerprint density at radius 2 is 0.951 bits per heavy atom. The normalized spacial score (nSPS) is 11.9. The van der Waals surface area contributed by atoms with Crippen LogP contribution in [0.4, 0.5) is 0 Å². The summed E-state index contributed by atoms with van der Waals surface area (Å²) in [4.78, 5) is 0. The number of hydrogen-bond acceptors (Lipinski definition) is 1. The zero-order chi connectivity index (χ0) is 26.9. The van der Waals surface area contributed by atoms with Crippen molar-refractivity contribution < 1.29 is 0 Å². The Morgan fingerprint density at radius 1 is 0.341 bits per heavy atom. The molecule has 0 N–H and O–H groups in total. The average molecular weight is 537 g/mol. The van der Waals surface area contributed by atoms with E-state index in [1.54, 1.807) is 0 Å². The van der Waals surface area contributed by atoms with Gasteiger partial charge in [-0.3, -0.25) is 0 Å². The van der Waals surface area contributed by atoms with Gasteiger partial charge in [0, 0.05) is 25.6 Å². The third-order valence-corrected chi connectivity index (χ3v) is 9.79. The summed E-state index contributed by atoms with van der Waals surface area (Å²) in [5, 5.41) is 13.1. The molecule has 0 spiro atoms. The Morgan fingerprint density at radius 3 is 1.71 bits per heavy atom. The van der Waals surface area contributed by atoms with Gasteiger partial charge in [0.25, 0.3) is 0 Å². The lowest BCUT2D eigenvalue weighted by Gasteiger charge is -2.14. The van der Waals surface area contributed by atoms with Gasteiger partial charge in [-0.1, -0.05) is 127 Å². The van der Waals surface area contributed by atoms with Crippen molar-refractivity contribution in [3.8, 4) is 22.3 Å². The van der Waals surface area contributed by atoms with E-state index in [4.69, 9.17) is 0 Å². The first-order chi connectivity index (χ1) is 20.3. The predicted molar refractivity (Wildman–Crippen MR) is 180 cm³/mol. The highest BCUT2D eigenvalue weighted by molar-refractivity contribution is 7.27. The third kappa shape index (κ3) is 3.40. The minimum atomic E-state index is 1.26. The fraction of sp³-hybridized carbons (Fsp3) is 0. The summed E-state index contributed by atoms with van der Waals surface area (Å²) >= 11 is 1.92. The molecule has 0 nitrogen and oxygen atoms in total. The first kappa shape index (κ1) is 22.8. The van der Waals surface area contributed by atoms with Gasteiger partial charge in [0.05, 0.1) is 0 Å². The number of benzene rings is 8. The van der Waals surface area contributed by atoms with Crippen LogP contribution in [0.1, 0.15) is 0 Å². The molecule has 1 heterocycles. The topological polar surface area (TPSA) is 0 Å². The molecule has 41 heavy (non-hydrogen) atoms. The molecule has 9 aromatic rings. The molecule has 0 unspecified atom stereocenters. The third-order valence-electron chi connectivity index (χ3n) is 8.61. The summed E-state index contributed by atoms with van der Waals surface area (Å²) in [5.41, 5.74) is 5.10. The number of fused-ring (bicyclic) bond motifs is 10. The van der Waals surface area contributed by atoms with Crippen LogP contribution in [0.3, 0.4) is 0 Å². The number of rotatable bonds is 2. The van der Waals surface area contributed by atoms with E-state index in [2.05, 4.69) is 146 Å². The second-order valence-corrected chi connectivity index (χ2v) is 11.9. The van der Waals surface area contributed by atoms with Gasteiger partial charge in [-0.15, -0.1) is 11.3 Å². The zero-order valence-electron chi connectivity index (χ0n) is 22.3. The van der Waals surface area contributed by atoms with Gasteiger partial charge in [0.2, 0.25) is 0 Å². The van der Waals surface area contributed by atoms with E-state index in [0.717, 1.165) is 0 Å². The Bertz CT molecular complexity index is 2410. The Labute approximate surface area is 241 Å². The molecule has 1 aromatic heterocycles. The van der Waals surface area contributed by atoms with Crippen molar-refractivity contribution in [2.75, 3.05) is 0 Å². The summed E-state index contributed by atoms with van der Waals surface area (Å²) in [7, 11) is 0. The second kappa shape index (κ2) is 8.76. The van der Waals surface area contributed by atoms with Crippen molar-refractivity contribution in [3.05, 3.63) is 146 Å². The number of hydrogen-bond donors (Lipinski definition) is 0. The van der Waals surface area contributed by atoms with Crippen LogP contribution >= 0.6 is 11.3 Å². The molecule has 190 valence electrons. The standard InChI is InChI=1S/C40H24S/c1-2-10-25(11-3-1)26-18-21-35-37(24-26)41-40-34-20-19-29(23-36(34)32-16-8-9-17-33(32)39(35)40)38-30-14-6-4-12-27(30)22-28-13-5-7-15-31(28)38/h1-24H. The summed E-state index contributed by atoms with van der Waals surface area (Å²) in [5.74, 6) is 0. The molecule has 8 aromatic carbocycles. The Kier molecular flexibility index (Phi) is 4.87. The van der Waals surface area contributed by atoms with Gasteiger partial charge < -0.3 is 0 Å². The van der Waals surface area contributed by atoms with Gasteiger partial charge in [0.15, 0.2) is 0 Å². The highest BCUT2D eigenvalue weighted by Gasteiger charge is 2.17. The first-order valence-electron chi connectivity index (χ1n) is 14.1. The molecular weight excluding hydrogens is 513 g/mol. The van der Waals surface area contributed by atoms with Crippen LogP contribution in [0.2, 0.25) is 0 Å². The maximum absolute atomic E-state index is 2.44. The smallest absolute Gasteiger partial charge is 0.0440 e. The monoisotopic (exact) mass is 536 g/mol. The molecule has 0 bridgehead atoms. The van der Waals surface area contributed by atoms with E-state index in [1.165, 1.54) is 85.5 Å². The largest absolute Gasteiger partial charge is 0.134 e. The van der Waals surface area contributed by atoms with Gasteiger partial charge >= 0.3 is 0 Å². The SMILES string of the molecule is c1ccc(-c2ccc3c(c2)sc2c4ccc(-c5c6ccccc6cc6ccccc56)cc4c4ccccc4c32)cc1. The van der Waals surface area contributed by atoms with Crippen molar-refractivity contribution in [2.24, 2.45) is 0 Å². The molecule has 1 heteroatoms. The molecule has 0 aliphatic rings. The number of thiophene rings is 1. The lowest BCUT2D eigenvalue weighted by Crippen LogP contribution is -1.87. The van der Waals surface area contributed by atoms with Gasteiger partial charge in [-0.2, -0.15) is 0 Å². The summed E-state index contributed by atoms with van der Waals surface area (Å²) in [6.45, 7) is 0. The summed E-state index contributed by atoms with van der Waals surface area (Å²) < 4.78 is 2.70. The minimum Gasteiger partial charge on any atom is -0.134 e. The quantitative estimate of drug-likeness (QED) is 0.152. The van der Waals surface area contributed by atoms with E-state index in [0.29, 0.717) is 0 Å². The Balaban J connectivity index is 1.38. The maximum atomic E-state index is 2.44. The van der Waals surface area contributed by atoms with Crippen molar-refractivity contribution in [2.45, 2.75) is 0 Å². The molecule has 0 radical (unpaired) electrons. The van der Waals surface area contributed by atoms with Gasteiger partial charge in [0.1, 0.15) is 0 Å². The fourth-order valence-electron chi connectivity index (χ4n) is 6.75. The van der Waals surface area contributed by atoms with Crippen LogP contribution in [-0.2, 0) is 0 Å². The van der Waals surface area contributed by atoms with Gasteiger partial charge in [-0.25, -0.2) is 0 Å². The molecule has 0 atom stereocenters. The minimum absolute atomic E-state index is 1.26. The molecule has 0 amide bonds. The molecule has 0 saturated heterocycles. The first-order valence-corrected chi connectivity index (χ1v) is 14.9. The summed E-state index contributed by atoms with van der Waals surface area (Å²) in [6, 6.07) is 53.6. The van der Waals surface area contributed by atoms with Crippen LogP contribution in [-0.4, -0.2) is 0 Å². The predicted octanol–water partition coefficient (Wildman–Crippen LogP) is 12.0. The van der Waals surface area contributed by atoms with Crippen molar-refractivity contribution >= 4 is 74.6 Å². The highest BCUT2D eigenvalue weighted by atomic mass is 32.1. The van der Waals surface area contributed by atoms with E-state index in [-0.39, 0.29) is 0 Å². The van der Waals surface area contributed by atoms with Crippen LogP contribution in [0.25, 0.3) is 85.5 Å². The molecule has 0 aliphatic heterocycles. The lowest BCUT2D eigenvalue weighted by molar-refractivity contribution is 1.66. The van der Waals surface area contributed by atoms with Crippen molar-refractivity contribution in [1.82, 2.24) is 0 Å². The fourth-order valence-corrected chi connectivity index (χ4v) is 8.04. The van der Waals surface area contributed by atoms with Crippen LogP contribution < -0.4 is 0 Å². The molecule has 0 fully saturated rings. The molecular formula is C40H24S. The second-order valence-electron chi connectivity index (χ2n) is 10.9. The maximum Gasteiger partial charge on any atom is 0.0440 e. The van der Waals surface area contributed by atoms with Crippen LogP contribution in [0.5, 0.6) is 0 Å². The van der Waals surface area contributed by atoms with E-state index in [9.17, 15) is 0 Å². The molecule has 9 rings (SSSR count). The van der Waals surface area contributed by atoms with Crippen molar-refractivity contribution in [3.63, 3.8) is 0 Å². The molecule has 0 aliphatic carbocycles. The lowest BCUT2D eigenvalue weighted by atomic mass is 9.89. The van der Waals surface area contributed by atoms with E-state index < -0.39 is 0 Å². The van der Waals surface area contributed by atoms with E-state index in [1.807, 2.05) is 11.3 Å². The van der Waals surface area contributed by atoms with Crippen LogP contribution in [0, 0.1) is 0 Å². The van der Waals surface area contributed by atoms with Crippen molar-refractivity contribution in [1.29, 1.82) is 0 Å². The molecule has 0 saturated carbocycles. The Hall–Kier alpha value is -4.98. The highest BCUT2D eigenvalue weighted by Crippen LogP contribution is 2.46.